The molecule has 0 bridgehead atoms. The monoisotopic (exact) mass is 725 g/mol. The summed E-state index contributed by atoms with van der Waals surface area (Å²) in [4.78, 5) is 2.39. The SMILES string of the molecule is c1ccc(-c2ccc(N(c3ccc(-c4ccccc4)cc3)c3ccc4c(c3)-c3ccccc3C43c4ccccc4-c4c3ccc3c4oc4ccccc43)cc2)cc1. The molecule has 1 heterocycles. The predicted octanol–water partition coefficient (Wildman–Crippen LogP) is 14.7. The van der Waals surface area contributed by atoms with E-state index < -0.39 is 5.41 Å². The molecule has 0 saturated carbocycles. The lowest BCUT2D eigenvalue weighted by atomic mass is 9.70. The number of rotatable bonds is 5. The molecule has 1 unspecified atom stereocenters. The average Bonchev–Trinajstić information content (AvgIpc) is 3.92. The van der Waals surface area contributed by atoms with Crippen molar-refractivity contribution in [3.05, 3.63) is 235 Å². The maximum absolute atomic E-state index is 6.75. The summed E-state index contributed by atoms with van der Waals surface area (Å²) in [6.45, 7) is 0. The van der Waals surface area contributed by atoms with E-state index in [9.17, 15) is 0 Å². The molecule has 1 spiro atoms. The topological polar surface area (TPSA) is 16.4 Å². The second kappa shape index (κ2) is 12.3. The van der Waals surface area contributed by atoms with Crippen molar-refractivity contribution < 1.29 is 4.42 Å². The largest absolute Gasteiger partial charge is 0.455 e. The molecule has 10 aromatic rings. The number of hydrogen-bond acceptors (Lipinski definition) is 2. The average molecular weight is 726 g/mol. The maximum atomic E-state index is 6.75. The Balaban J connectivity index is 1.07. The summed E-state index contributed by atoms with van der Waals surface area (Å²) in [5.74, 6) is 0. The lowest BCUT2D eigenvalue weighted by Crippen LogP contribution is -2.25. The standard InChI is InChI=1S/C55H35NO/c1-3-13-36(14-4-1)38-23-27-40(28-24-38)56(41-29-25-39(26-30-41)37-15-5-2-6-16-37)42-31-33-50-47(35-42)43-17-7-10-20-48(43)55(50)49-21-11-8-19-46(49)53-51(55)34-32-45-44-18-9-12-22-52(44)57-54(45)53/h1-35H. The van der Waals surface area contributed by atoms with E-state index in [1.165, 1.54) is 66.8 Å². The van der Waals surface area contributed by atoms with Gasteiger partial charge in [-0.1, -0.05) is 170 Å². The van der Waals surface area contributed by atoms with E-state index in [-0.39, 0.29) is 0 Å². The van der Waals surface area contributed by atoms with E-state index in [2.05, 4.69) is 217 Å². The third-order valence-corrected chi connectivity index (χ3v) is 12.3. The number of anilines is 3. The molecule has 2 aliphatic rings. The third kappa shape index (κ3) is 4.59. The molecular weight excluding hydrogens is 691 g/mol. The van der Waals surface area contributed by atoms with E-state index in [4.69, 9.17) is 4.42 Å². The smallest absolute Gasteiger partial charge is 0.143 e. The fourth-order valence-corrected chi connectivity index (χ4v) is 9.85. The van der Waals surface area contributed by atoms with Gasteiger partial charge in [-0.3, -0.25) is 0 Å². The molecule has 0 aliphatic heterocycles. The fourth-order valence-electron chi connectivity index (χ4n) is 9.85. The van der Waals surface area contributed by atoms with Crippen molar-refractivity contribution in [3.8, 4) is 44.5 Å². The summed E-state index contributed by atoms with van der Waals surface area (Å²) in [5, 5.41) is 2.31. The van der Waals surface area contributed by atoms with Crippen molar-refractivity contribution in [2.45, 2.75) is 5.41 Å². The van der Waals surface area contributed by atoms with Gasteiger partial charge in [0, 0.05) is 33.4 Å². The molecule has 1 aromatic heterocycles. The minimum absolute atomic E-state index is 0.483. The Bertz CT molecular complexity index is 3080. The van der Waals surface area contributed by atoms with Gasteiger partial charge >= 0.3 is 0 Å². The number of para-hydroxylation sites is 1. The summed E-state index contributed by atoms with van der Waals surface area (Å²) in [5.41, 5.74) is 19.7. The Labute approximate surface area is 331 Å². The van der Waals surface area contributed by atoms with Crippen LogP contribution in [0, 0.1) is 0 Å². The summed E-state index contributed by atoms with van der Waals surface area (Å²) in [7, 11) is 0. The van der Waals surface area contributed by atoms with Gasteiger partial charge in [-0.2, -0.15) is 0 Å². The maximum Gasteiger partial charge on any atom is 0.143 e. The van der Waals surface area contributed by atoms with Gasteiger partial charge in [-0.25, -0.2) is 0 Å². The zero-order valence-electron chi connectivity index (χ0n) is 31.1. The molecule has 2 heteroatoms. The van der Waals surface area contributed by atoms with Crippen molar-refractivity contribution in [2.24, 2.45) is 0 Å². The van der Waals surface area contributed by atoms with Crippen molar-refractivity contribution in [3.63, 3.8) is 0 Å². The van der Waals surface area contributed by atoms with Gasteiger partial charge in [0.1, 0.15) is 11.2 Å². The fraction of sp³-hybridized carbons (Fsp3) is 0.0182. The highest BCUT2D eigenvalue weighted by atomic mass is 16.3. The Morgan fingerprint density at radius 2 is 0.825 bits per heavy atom. The van der Waals surface area contributed by atoms with Crippen LogP contribution >= 0.6 is 0 Å². The first-order valence-corrected chi connectivity index (χ1v) is 19.7. The highest BCUT2D eigenvalue weighted by Crippen LogP contribution is 2.64. The Morgan fingerprint density at radius 3 is 1.49 bits per heavy atom. The van der Waals surface area contributed by atoms with Gasteiger partial charge in [0.2, 0.25) is 0 Å². The van der Waals surface area contributed by atoms with Gasteiger partial charge in [0.05, 0.1) is 5.41 Å². The molecule has 0 amide bonds. The third-order valence-electron chi connectivity index (χ3n) is 12.3. The first kappa shape index (κ1) is 31.9. The first-order valence-electron chi connectivity index (χ1n) is 19.7. The Morgan fingerprint density at radius 1 is 0.333 bits per heavy atom. The second-order valence-corrected chi connectivity index (χ2v) is 15.2. The van der Waals surface area contributed by atoms with Crippen LogP contribution in [0.3, 0.4) is 0 Å². The van der Waals surface area contributed by atoms with E-state index in [1.54, 1.807) is 0 Å². The number of furan rings is 1. The minimum atomic E-state index is -0.483. The van der Waals surface area contributed by atoms with Gasteiger partial charge in [0.25, 0.3) is 0 Å². The van der Waals surface area contributed by atoms with Crippen LogP contribution < -0.4 is 4.90 Å². The molecule has 2 aliphatic carbocycles. The molecule has 1 atom stereocenters. The van der Waals surface area contributed by atoms with Crippen molar-refractivity contribution in [1.82, 2.24) is 0 Å². The van der Waals surface area contributed by atoms with Crippen LogP contribution in [0.25, 0.3) is 66.4 Å². The van der Waals surface area contributed by atoms with E-state index in [1.807, 2.05) is 0 Å². The molecule has 9 aromatic carbocycles. The van der Waals surface area contributed by atoms with Crippen LogP contribution in [0.15, 0.2) is 217 Å². The summed E-state index contributed by atoms with van der Waals surface area (Å²) >= 11 is 0. The molecule has 0 radical (unpaired) electrons. The van der Waals surface area contributed by atoms with Crippen LogP contribution in [0.4, 0.5) is 17.1 Å². The van der Waals surface area contributed by atoms with Crippen LogP contribution in [0.5, 0.6) is 0 Å². The Kier molecular flexibility index (Phi) is 6.88. The second-order valence-electron chi connectivity index (χ2n) is 15.2. The number of fused-ring (bicyclic) bond motifs is 14. The molecule has 57 heavy (non-hydrogen) atoms. The molecule has 266 valence electrons. The van der Waals surface area contributed by atoms with Gasteiger partial charge in [-0.05, 0) is 104 Å². The van der Waals surface area contributed by atoms with E-state index in [0.29, 0.717) is 0 Å². The van der Waals surface area contributed by atoms with Gasteiger partial charge in [-0.15, -0.1) is 0 Å². The molecule has 0 saturated heterocycles. The summed E-state index contributed by atoms with van der Waals surface area (Å²) in [6, 6.07) is 77.3. The molecular formula is C55H35NO. The number of nitrogens with zero attached hydrogens (tertiary/aromatic N) is 1. The van der Waals surface area contributed by atoms with Crippen LogP contribution in [-0.4, -0.2) is 0 Å². The highest BCUT2D eigenvalue weighted by molar-refractivity contribution is 6.13. The lowest BCUT2D eigenvalue weighted by Gasteiger charge is -2.31. The van der Waals surface area contributed by atoms with Crippen LogP contribution in [0.2, 0.25) is 0 Å². The van der Waals surface area contributed by atoms with Gasteiger partial charge < -0.3 is 9.32 Å². The number of benzene rings is 9. The number of hydrogen-bond donors (Lipinski definition) is 0. The van der Waals surface area contributed by atoms with Crippen molar-refractivity contribution >= 4 is 39.0 Å². The lowest BCUT2D eigenvalue weighted by molar-refractivity contribution is 0.669. The zero-order valence-corrected chi connectivity index (χ0v) is 31.1. The zero-order chi connectivity index (χ0) is 37.5. The molecule has 0 fully saturated rings. The first-order chi connectivity index (χ1) is 28.3. The molecule has 0 N–H and O–H groups in total. The minimum Gasteiger partial charge on any atom is -0.455 e. The normalized spacial score (nSPS) is 14.7. The van der Waals surface area contributed by atoms with E-state index >= 15 is 0 Å². The van der Waals surface area contributed by atoms with Crippen molar-refractivity contribution in [2.75, 3.05) is 4.90 Å². The van der Waals surface area contributed by atoms with Crippen LogP contribution in [-0.2, 0) is 5.41 Å². The molecule has 12 rings (SSSR count). The summed E-state index contributed by atoms with van der Waals surface area (Å²) < 4.78 is 6.75. The predicted molar refractivity (Wildman–Crippen MR) is 236 cm³/mol. The van der Waals surface area contributed by atoms with Crippen LogP contribution in [0.1, 0.15) is 22.3 Å². The highest BCUT2D eigenvalue weighted by Gasteiger charge is 2.52. The Hall–Kier alpha value is -7.42. The quantitative estimate of drug-likeness (QED) is 0.176. The van der Waals surface area contributed by atoms with E-state index in [0.717, 1.165) is 39.0 Å². The van der Waals surface area contributed by atoms with Crippen molar-refractivity contribution in [1.29, 1.82) is 0 Å². The van der Waals surface area contributed by atoms with Gasteiger partial charge in [0.15, 0.2) is 0 Å². The molecule has 2 nitrogen and oxygen atoms in total. The summed E-state index contributed by atoms with van der Waals surface area (Å²) in [6.07, 6.45) is 0.